The zero-order valence-electron chi connectivity index (χ0n) is 15.6. The largest absolute Gasteiger partial charge is 0.375 e. The fraction of sp³-hybridized carbons (Fsp3) is 0.600. The molecule has 0 amide bonds. The Morgan fingerprint density at radius 1 is 0.640 bits per heavy atom. The van der Waals surface area contributed by atoms with Crippen molar-refractivity contribution in [1.82, 2.24) is 19.6 Å². The van der Waals surface area contributed by atoms with Crippen LogP contribution in [0.2, 0.25) is 0 Å². The van der Waals surface area contributed by atoms with E-state index in [1.165, 1.54) is 0 Å². The molecule has 2 aliphatic rings. The highest BCUT2D eigenvalue weighted by Crippen LogP contribution is 2.03. The predicted octanol–water partition coefficient (Wildman–Crippen LogP) is 1.64. The molecule has 2 rings (SSSR count). The van der Waals surface area contributed by atoms with Crippen molar-refractivity contribution >= 4 is 0 Å². The summed E-state index contributed by atoms with van der Waals surface area (Å²) in [6.07, 6.45) is 12.5. The molecule has 2 aliphatic heterocycles. The van der Waals surface area contributed by atoms with Crippen LogP contribution in [0.3, 0.4) is 0 Å². The second-order valence-corrected chi connectivity index (χ2v) is 6.56. The Hall–Kier alpha value is -1.56. The van der Waals surface area contributed by atoms with Gasteiger partial charge in [-0.1, -0.05) is 12.2 Å². The summed E-state index contributed by atoms with van der Waals surface area (Å²) in [5.74, 6) is 0. The van der Waals surface area contributed by atoms with E-state index in [9.17, 15) is 0 Å². The lowest BCUT2D eigenvalue weighted by atomic mass is 10.3. The zero-order chi connectivity index (χ0) is 17.7. The van der Waals surface area contributed by atoms with Gasteiger partial charge in [-0.2, -0.15) is 0 Å². The molecule has 2 saturated heterocycles. The summed E-state index contributed by atoms with van der Waals surface area (Å²) in [6, 6.07) is 0. The summed E-state index contributed by atoms with van der Waals surface area (Å²) >= 11 is 0. The predicted molar refractivity (Wildman–Crippen MR) is 106 cm³/mol. The van der Waals surface area contributed by atoms with E-state index in [1.807, 2.05) is 12.2 Å². The van der Waals surface area contributed by atoms with Gasteiger partial charge >= 0.3 is 0 Å². The first-order valence-electron chi connectivity index (χ1n) is 9.37. The molecule has 0 aromatic carbocycles. The zero-order valence-corrected chi connectivity index (χ0v) is 15.6. The van der Waals surface area contributed by atoms with E-state index in [2.05, 4.69) is 57.3 Å². The highest BCUT2D eigenvalue weighted by atomic mass is 16.5. The lowest BCUT2D eigenvalue weighted by Crippen LogP contribution is -2.43. The average molecular weight is 347 g/mol. The second-order valence-electron chi connectivity index (χ2n) is 6.56. The number of rotatable bonds is 10. The molecule has 0 unspecified atom stereocenters. The van der Waals surface area contributed by atoms with Crippen LogP contribution in [0, 0.1) is 0 Å². The van der Waals surface area contributed by atoms with Gasteiger partial charge in [0, 0.05) is 65.4 Å². The molecule has 2 heterocycles. The van der Waals surface area contributed by atoms with E-state index < -0.39 is 0 Å². The van der Waals surface area contributed by atoms with Crippen LogP contribution >= 0.6 is 0 Å². The minimum atomic E-state index is 0.671. The molecule has 0 spiro atoms. The molecule has 0 radical (unpaired) electrons. The van der Waals surface area contributed by atoms with Gasteiger partial charge in [0.25, 0.3) is 0 Å². The van der Waals surface area contributed by atoms with Gasteiger partial charge in [-0.05, 0) is 24.6 Å². The van der Waals surface area contributed by atoms with E-state index in [0.29, 0.717) is 13.2 Å². The number of ether oxygens (including phenoxy) is 1. The van der Waals surface area contributed by atoms with Crippen molar-refractivity contribution in [2.75, 3.05) is 78.7 Å². The molecule has 0 N–H and O–H groups in total. The average Bonchev–Trinajstić information content (AvgIpc) is 2.64. The summed E-state index contributed by atoms with van der Waals surface area (Å²) in [6.45, 7) is 19.7. The minimum Gasteiger partial charge on any atom is -0.375 e. The van der Waals surface area contributed by atoms with Crippen LogP contribution < -0.4 is 0 Å². The standard InChI is InChI=1S/C20H34N4O/c1-3-7-21-11-15-23(16-12-21)9-5-19-25-20-6-10-24-17-13-22(8-4-2)14-18-24/h3-6,9-10H,1-2,7-8,11-20H2. The monoisotopic (exact) mass is 346 g/mol. The van der Waals surface area contributed by atoms with Crippen LogP contribution in [0.4, 0.5) is 0 Å². The molecule has 0 aromatic rings. The van der Waals surface area contributed by atoms with Gasteiger partial charge in [0.2, 0.25) is 0 Å². The van der Waals surface area contributed by atoms with Crippen molar-refractivity contribution in [3.05, 3.63) is 49.9 Å². The summed E-state index contributed by atoms with van der Waals surface area (Å²) in [4.78, 5) is 9.58. The number of hydrogen-bond donors (Lipinski definition) is 0. The van der Waals surface area contributed by atoms with Crippen molar-refractivity contribution in [3.8, 4) is 0 Å². The van der Waals surface area contributed by atoms with Crippen LogP contribution in [0.1, 0.15) is 0 Å². The van der Waals surface area contributed by atoms with E-state index in [4.69, 9.17) is 4.74 Å². The molecule has 5 nitrogen and oxygen atoms in total. The van der Waals surface area contributed by atoms with E-state index in [0.717, 1.165) is 65.4 Å². The molecular formula is C20H34N4O. The van der Waals surface area contributed by atoms with Crippen molar-refractivity contribution in [2.24, 2.45) is 0 Å². The maximum Gasteiger partial charge on any atom is 0.0668 e. The lowest BCUT2D eigenvalue weighted by Gasteiger charge is -2.33. The van der Waals surface area contributed by atoms with E-state index in [1.54, 1.807) is 0 Å². The highest BCUT2D eigenvalue weighted by molar-refractivity contribution is 4.89. The van der Waals surface area contributed by atoms with Gasteiger partial charge in [-0.3, -0.25) is 9.80 Å². The highest BCUT2D eigenvalue weighted by Gasteiger charge is 2.13. The third-order valence-electron chi connectivity index (χ3n) is 4.65. The van der Waals surface area contributed by atoms with Crippen LogP contribution in [0.15, 0.2) is 49.9 Å². The molecular weight excluding hydrogens is 312 g/mol. The first-order valence-corrected chi connectivity index (χ1v) is 9.37. The molecule has 5 heteroatoms. The molecule has 25 heavy (non-hydrogen) atoms. The fourth-order valence-electron chi connectivity index (χ4n) is 3.14. The lowest BCUT2D eigenvalue weighted by molar-refractivity contribution is 0.171. The Morgan fingerprint density at radius 2 is 1.04 bits per heavy atom. The Bertz CT molecular complexity index is 393. The Morgan fingerprint density at radius 3 is 1.40 bits per heavy atom. The van der Waals surface area contributed by atoms with Gasteiger partial charge < -0.3 is 14.5 Å². The minimum absolute atomic E-state index is 0.671. The molecule has 140 valence electrons. The first-order chi connectivity index (χ1) is 12.3. The van der Waals surface area contributed by atoms with E-state index in [-0.39, 0.29) is 0 Å². The maximum atomic E-state index is 5.66. The summed E-state index contributed by atoms with van der Waals surface area (Å²) < 4.78 is 5.66. The molecule has 0 aromatic heterocycles. The van der Waals surface area contributed by atoms with E-state index >= 15 is 0 Å². The topological polar surface area (TPSA) is 22.2 Å². The van der Waals surface area contributed by atoms with Gasteiger partial charge in [0.05, 0.1) is 13.2 Å². The van der Waals surface area contributed by atoms with Crippen molar-refractivity contribution in [1.29, 1.82) is 0 Å². The van der Waals surface area contributed by atoms with Crippen LogP contribution in [0.5, 0.6) is 0 Å². The third kappa shape index (κ3) is 7.90. The number of nitrogens with zero attached hydrogens (tertiary/aromatic N) is 4. The molecule has 0 saturated carbocycles. The summed E-state index contributed by atoms with van der Waals surface area (Å²) in [7, 11) is 0. The second kappa shape index (κ2) is 11.9. The molecule has 0 bridgehead atoms. The van der Waals surface area contributed by atoms with Crippen molar-refractivity contribution in [2.45, 2.75) is 0 Å². The van der Waals surface area contributed by atoms with Crippen molar-refractivity contribution in [3.63, 3.8) is 0 Å². The normalized spacial score (nSPS) is 20.6. The van der Waals surface area contributed by atoms with Crippen molar-refractivity contribution < 1.29 is 4.74 Å². The first kappa shape index (κ1) is 19.8. The molecule has 0 aliphatic carbocycles. The number of hydrogen-bond acceptors (Lipinski definition) is 5. The third-order valence-corrected chi connectivity index (χ3v) is 4.65. The van der Waals surface area contributed by atoms with Crippen LogP contribution in [-0.2, 0) is 4.74 Å². The summed E-state index contributed by atoms with van der Waals surface area (Å²) in [5, 5.41) is 0. The van der Waals surface area contributed by atoms with Gasteiger partial charge in [0.1, 0.15) is 0 Å². The Labute approximate surface area is 153 Å². The van der Waals surface area contributed by atoms with Gasteiger partial charge in [-0.15, -0.1) is 13.2 Å². The smallest absolute Gasteiger partial charge is 0.0668 e. The van der Waals surface area contributed by atoms with Gasteiger partial charge in [0.15, 0.2) is 0 Å². The maximum absolute atomic E-state index is 5.66. The Kier molecular flexibility index (Phi) is 9.41. The summed E-state index contributed by atoms with van der Waals surface area (Å²) in [5.41, 5.74) is 0. The van der Waals surface area contributed by atoms with Crippen LogP contribution in [-0.4, -0.2) is 98.3 Å². The SMILES string of the molecule is C=CCN1CCN(C=CCOCC=CN2CCN(CC=C)CC2)CC1. The fourth-order valence-corrected chi connectivity index (χ4v) is 3.14. The molecule has 0 atom stereocenters. The molecule has 2 fully saturated rings. The quantitative estimate of drug-likeness (QED) is 0.442. The van der Waals surface area contributed by atoms with Crippen LogP contribution in [0.25, 0.3) is 0 Å². The Balaban J connectivity index is 1.49. The number of piperazine rings is 2. The van der Waals surface area contributed by atoms with Gasteiger partial charge in [-0.25, -0.2) is 0 Å².